The van der Waals surface area contributed by atoms with Crippen LogP contribution in [-0.2, 0) is 22.4 Å². The minimum absolute atomic E-state index is 0.0462. The summed E-state index contributed by atoms with van der Waals surface area (Å²) in [4.78, 5) is 27.5. The van der Waals surface area contributed by atoms with Gasteiger partial charge in [0.1, 0.15) is 29.4 Å². The molecule has 1 fully saturated rings. The first-order chi connectivity index (χ1) is 15.5. The van der Waals surface area contributed by atoms with Crippen molar-refractivity contribution in [2.45, 2.75) is 31.9 Å². The number of Topliss-reactive ketones (excluding diaryl/α,β-unsaturated/α-hetero) is 1. The summed E-state index contributed by atoms with van der Waals surface area (Å²) in [7, 11) is 0. The molecule has 3 aromatic rings. The van der Waals surface area contributed by atoms with Gasteiger partial charge < -0.3 is 19.2 Å². The number of carbonyl (C=O) groups is 2. The van der Waals surface area contributed by atoms with Crippen LogP contribution in [0, 0.1) is 0 Å². The number of fused-ring (bicyclic) bond motifs is 1. The maximum Gasteiger partial charge on any atom is 0.295 e. The number of aliphatic hydroxyl groups is 1. The van der Waals surface area contributed by atoms with E-state index in [1.807, 2.05) is 43.3 Å². The molecule has 0 spiro atoms. The van der Waals surface area contributed by atoms with Crippen molar-refractivity contribution in [2.75, 3.05) is 6.54 Å². The van der Waals surface area contributed by atoms with Gasteiger partial charge in [0.05, 0.1) is 11.8 Å². The fraction of sp³-hybridized carbons (Fsp3) is 0.231. The molecule has 1 amide bonds. The monoisotopic (exact) mass is 429 g/mol. The second kappa shape index (κ2) is 8.04. The van der Waals surface area contributed by atoms with Gasteiger partial charge in [-0.15, -0.1) is 0 Å². The fourth-order valence-electron chi connectivity index (χ4n) is 4.47. The molecule has 0 saturated carbocycles. The molecule has 1 aromatic heterocycles. The van der Waals surface area contributed by atoms with Crippen LogP contribution in [0.25, 0.3) is 5.76 Å². The van der Waals surface area contributed by atoms with E-state index in [-0.39, 0.29) is 17.4 Å². The fourth-order valence-corrected chi connectivity index (χ4v) is 4.47. The molecular formula is C26H23NO5. The van der Waals surface area contributed by atoms with E-state index < -0.39 is 17.7 Å². The predicted molar refractivity (Wildman–Crippen MR) is 118 cm³/mol. The highest BCUT2D eigenvalue weighted by Gasteiger charge is 2.47. The largest absolute Gasteiger partial charge is 0.507 e. The van der Waals surface area contributed by atoms with Gasteiger partial charge in [-0.25, -0.2) is 0 Å². The highest BCUT2D eigenvalue weighted by Crippen LogP contribution is 2.40. The normalized spacial score (nSPS) is 21.6. The lowest BCUT2D eigenvalue weighted by Gasteiger charge is -2.23. The molecule has 5 rings (SSSR count). The van der Waals surface area contributed by atoms with Crippen LogP contribution in [0.15, 0.2) is 76.9 Å². The highest BCUT2D eigenvalue weighted by molar-refractivity contribution is 6.46. The summed E-state index contributed by atoms with van der Waals surface area (Å²) in [5, 5.41) is 11.2. The Bertz CT molecular complexity index is 1200. The Kier molecular flexibility index (Phi) is 5.05. The Morgan fingerprint density at radius 1 is 1.09 bits per heavy atom. The number of nitrogens with zero attached hydrogens (tertiary/aromatic N) is 1. The minimum atomic E-state index is -0.780. The molecule has 6 nitrogen and oxygen atoms in total. The van der Waals surface area contributed by atoms with Crippen molar-refractivity contribution in [1.82, 2.24) is 4.90 Å². The van der Waals surface area contributed by atoms with Crippen LogP contribution < -0.4 is 4.74 Å². The average Bonchev–Trinajstić information content (AvgIpc) is 3.51. The first-order valence-electron chi connectivity index (χ1n) is 10.7. The standard InChI is InChI=1S/C26H23NO5/c1-16-14-19-15-18(9-10-20(19)32-16)24(28)22-23(21-8-5-13-31-21)27(26(30)25(22)29)12-11-17-6-3-2-4-7-17/h2-10,13,15-16,23,28H,11-12,14H2,1H3/b24-22+. The zero-order valence-corrected chi connectivity index (χ0v) is 17.7. The van der Waals surface area contributed by atoms with Gasteiger partial charge in [0.15, 0.2) is 0 Å². The van der Waals surface area contributed by atoms with Crippen LogP contribution in [0.1, 0.15) is 35.4 Å². The molecule has 0 bridgehead atoms. The number of ether oxygens (including phenoxy) is 1. The van der Waals surface area contributed by atoms with E-state index in [0.717, 1.165) is 23.3 Å². The van der Waals surface area contributed by atoms with Gasteiger partial charge in [0.2, 0.25) is 0 Å². The Labute approximate surface area is 185 Å². The first kappa shape index (κ1) is 20.1. The van der Waals surface area contributed by atoms with E-state index >= 15 is 0 Å². The summed E-state index contributed by atoms with van der Waals surface area (Å²) in [6.45, 7) is 2.31. The van der Waals surface area contributed by atoms with Crippen molar-refractivity contribution in [3.8, 4) is 5.75 Å². The lowest BCUT2D eigenvalue weighted by atomic mass is 9.97. The van der Waals surface area contributed by atoms with Crippen LogP contribution >= 0.6 is 0 Å². The van der Waals surface area contributed by atoms with Gasteiger partial charge in [-0.05, 0) is 54.8 Å². The van der Waals surface area contributed by atoms with Crippen molar-refractivity contribution in [3.05, 3.63) is 95.0 Å². The van der Waals surface area contributed by atoms with Crippen molar-refractivity contribution in [1.29, 1.82) is 0 Å². The molecule has 6 heteroatoms. The van der Waals surface area contributed by atoms with Gasteiger partial charge in [-0.1, -0.05) is 30.3 Å². The molecule has 32 heavy (non-hydrogen) atoms. The number of aliphatic hydroxyl groups excluding tert-OH is 1. The molecule has 2 aromatic carbocycles. The Morgan fingerprint density at radius 2 is 1.91 bits per heavy atom. The molecule has 2 aliphatic heterocycles. The number of ketones is 1. The molecule has 2 atom stereocenters. The molecular weight excluding hydrogens is 406 g/mol. The average molecular weight is 429 g/mol. The van der Waals surface area contributed by atoms with Gasteiger partial charge >= 0.3 is 0 Å². The molecule has 2 unspecified atom stereocenters. The number of amides is 1. The van der Waals surface area contributed by atoms with Gasteiger partial charge in [0, 0.05) is 18.5 Å². The van der Waals surface area contributed by atoms with E-state index in [2.05, 4.69) is 0 Å². The van der Waals surface area contributed by atoms with Crippen LogP contribution in [0.3, 0.4) is 0 Å². The van der Waals surface area contributed by atoms with E-state index in [1.165, 1.54) is 11.2 Å². The van der Waals surface area contributed by atoms with Crippen LogP contribution in [0.2, 0.25) is 0 Å². The van der Waals surface area contributed by atoms with Crippen LogP contribution in [-0.4, -0.2) is 34.3 Å². The Hall–Kier alpha value is -3.80. The summed E-state index contributed by atoms with van der Waals surface area (Å²) >= 11 is 0. The topological polar surface area (TPSA) is 80.0 Å². The molecule has 1 saturated heterocycles. The van der Waals surface area contributed by atoms with E-state index in [1.54, 1.807) is 24.3 Å². The molecule has 162 valence electrons. The first-order valence-corrected chi connectivity index (χ1v) is 10.7. The summed E-state index contributed by atoms with van der Waals surface area (Å²) in [6, 6.07) is 17.7. The number of rotatable bonds is 5. The number of carbonyl (C=O) groups excluding carboxylic acids is 2. The Morgan fingerprint density at radius 3 is 2.66 bits per heavy atom. The lowest BCUT2D eigenvalue weighted by molar-refractivity contribution is -0.140. The van der Waals surface area contributed by atoms with Gasteiger partial charge in [0.25, 0.3) is 11.7 Å². The number of hydrogen-bond acceptors (Lipinski definition) is 5. The summed E-state index contributed by atoms with van der Waals surface area (Å²) in [5.74, 6) is -0.324. The summed E-state index contributed by atoms with van der Waals surface area (Å²) in [5.41, 5.74) is 2.55. The maximum absolute atomic E-state index is 13.1. The zero-order valence-electron chi connectivity index (χ0n) is 17.7. The quantitative estimate of drug-likeness (QED) is 0.372. The maximum atomic E-state index is 13.1. The third-order valence-corrected chi connectivity index (χ3v) is 6.01. The molecule has 0 radical (unpaired) electrons. The second-order valence-corrected chi connectivity index (χ2v) is 8.20. The van der Waals surface area contributed by atoms with E-state index in [4.69, 9.17) is 9.15 Å². The van der Waals surface area contributed by atoms with Crippen molar-refractivity contribution >= 4 is 17.4 Å². The molecule has 3 heterocycles. The van der Waals surface area contributed by atoms with Gasteiger partial charge in [-0.3, -0.25) is 9.59 Å². The van der Waals surface area contributed by atoms with Crippen molar-refractivity contribution in [3.63, 3.8) is 0 Å². The minimum Gasteiger partial charge on any atom is -0.507 e. The van der Waals surface area contributed by atoms with Crippen molar-refractivity contribution < 1.29 is 23.8 Å². The SMILES string of the molecule is CC1Cc2cc(/C(O)=C3\C(=O)C(=O)N(CCc4ccccc4)C3c3ccco3)ccc2O1. The number of benzene rings is 2. The zero-order chi connectivity index (χ0) is 22.2. The van der Waals surface area contributed by atoms with E-state index in [0.29, 0.717) is 24.3 Å². The summed E-state index contributed by atoms with van der Waals surface area (Å²) < 4.78 is 11.3. The van der Waals surface area contributed by atoms with E-state index in [9.17, 15) is 14.7 Å². The third-order valence-electron chi connectivity index (χ3n) is 6.01. The second-order valence-electron chi connectivity index (χ2n) is 8.20. The lowest BCUT2D eigenvalue weighted by Crippen LogP contribution is -2.31. The smallest absolute Gasteiger partial charge is 0.295 e. The third kappa shape index (κ3) is 3.47. The van der Waals surface area contributed by atoms with Crippen LogP contribution in [0.4, 0.5) is 0 Å². The molecule has 2 aliphatic rings. The molecule has 1 N–H and O–H groups in total. The predicted octanol–water partition coefficient (Wildman–Crippen LogP) is 4.27. The summed E-state index contributed by atoms with van der Waals surface area (Å²) in [6.07, 6.45) is 2.87. The Balaban J connectivity index is 1.54. The van der Waals surface area contributed by atoms with Gasteiger partial charge in [-0.2, -0.15) is 0 Å². The van der Waals surface area contributed by atoms with Crippen molar-refractivity contribution in [2.24, 2.45) is 0 Å². The number of furan rings is 1. The number of likely N-dealkylation sites (tertiary alicyclic amines) is 1. The molecule has 0 aliphatic carbocycles. The van der Waals surface area contributed by atoms with Crippen LogP contribution in [0.5, 0.6) is 5.75 Å². The highest BCUT2D eigenvalue weighted by atomic mass is 16.5. The number of hydrogen-bond donors (Lipinski definition) is 1.